The van der Waals surface area contributed by atoms with E-state index >= 15 is 0 Å². The summed E-state index contributed by atoms with van der Waals surface area (Å²) < 4.78 is 25.2. The lowest BCUT2D eigenvalue weighted by Gasteiger charge is -2.12. The third-order valence-electron chi connectivity index (χ3n) is 27.8. The summed E-state index contributed by atoms with van der Waals surface area (Å²) in [7, 11) is 0. The quantitative estimate of drug-likeness (QED) is 0.114. The van der Waals surface area contributed by atoms with E-state index in [9.17, 15) is 0 Å². The van der Waals surface area contributed by atoms with Crippen LogP contribution in [0, 0.1) is 0 Å². The Kier molecular flexibility index (Phi) is 19.6. The third kappa shape index (κ3) is 14.3. The van der Waals surface area contributed by atoms with Crippen molar-refractivity contribution in [3.05, 3.63) is 473 Å². The van der Waals surface area contributed by atoms with Crippen LogP contribution in [-0.4, -0.2) is 58.6 Å². The minimum absolute atomic E-state index is 0.565. The Balaban J connectivity index is 0.000000105. The van der Waals surface area contributed by atoms with Gasteiger partial charge in [-0.1, -0.05) is 376 Å². The van der Waals surface area contributed by atoms with E-state index in [1.54, 1.807) is 0 Å². The molecule has 21 aromatic carbocycles. The first kappa shape index (κ1) is 82.5. The van der Waals surface area contributed by atoms with Crippen LogP contribution in [0.2, 0.25) is 0 Å². The van der Waals surface area contributed by atoms with Crippen molar-refractivity contribution >= 4 is 164 Å². The van der Waals surface area contributed by atoms with Gasteiger partial charge >= 0.3 is 0 Å². The second-order valence-corrected chi connectivity index (χ2v) is 36.2. The van der Waals surface area contributed by atoms with Crippen molar-refractivity contribution in [2.45, 2.75) is 0 Å². The molecule has 9 aromatic heterocycles. The van der Waals surface area contributed by atoms with Crippen molar-refractivity contribution in [3.8, 4) is 120 Å². The molecule has 15 heteroatoms. The average Bonchev–Trinajstić information content (AvgIpc) is 1.57. The molecule has 0 unspecified atom stereocenters. The molecule has 0 aliphatic carbocycles. The van der Waals surface area contributed by atoms with Crippen LogP contribution < -0.4 is 0 Å². The number of fused-ring (bicyclic) bond motifs is 21. The number of aromatic nitrogens is 12. The molecule has 0 bridgehead atoms. The molecule has 0 saturated heterocycles. The van der Waals surface area contributed by atoms with Gasteiger partial charge in [-0.3, -0.25) is 13.7 Å². The van der Waals surface area contributed by atoms with Crippen LogP contribution in [0.1, 0.15) is 0 Å². The molecule has 672 valence electrons. The van der Waals surface area contributed by atoms with Gasteiger partial charge in [-0.2, -0.15) is 29.9 Å². The molecule has 0 N–H and O–H groups in total. The van der Waals surface area contributed by atoms with Crippen LogP contribution in [0.25, 0.3) is 283 Å². The molecular formula is C129H78N12O3. The van der Waals surface area contributed by atoms with Gasteiger partial charge in [0.1, 0.15) is 33.5 Å². The highest BCUT2D eigenvalue weighted by molar-refractivity contribution is 6.14. The molecular weight excluding hydrogens is 1770 g/mol. The van der Waals surface area contributed by atoms with Gasteiger partial charge in [-0.05, 0) is 163 Å². The Bertz CT molecular complexity index is 9840. The summed E-state index contributed by atoms with van der Waals surface area (Å²) >= 11 is 0. The van der Waals surface area contributed by atoms with Crippen LogP contribution >= 0.6 is 0 Å². The summed E-state index contributed by atoms with van der Waals surface area (Å²) in [5.74, 6) is 5.25. The zero-order valence-electron chi connectivity index (χ0n) is 77.1. The second-order valence-electron chi connectivity index (χ2n) is 36.2. The largest absolute Gasteiger partial charge is 0.456 e. The fourth-order valence-electron chi connectivity index (χ4n) is 20.9. The summed E-state index contributed by atoms with van der Waals surface area (Å²) in [5.41, 5.74) is 23.5. The highest BCUT2D eigenvalue weighted by atomic mass is 16.3. The van der Waals surface area contributed by atoms with E-state index in [4.69, 9.17) is 58.1 Å². The smallest absolute Gasteiger partial charge is 0.238 e. The van der Waals surface area contributed by atoms with Crippen molar-refractivity contribution in [1.29, 1.82) is 0 Å². The Morgan fingerprint density at radius 2 is 0.361 bits per heavy atom. The molecule has 0 aliphatic rings. The van der Waals surface area contributed by atoms with Crippen LogP contribution in [0.15, 0.2) is 486 Å². The molecule has 0 aliphatic heterocycles. The molecule has 0 fully saturated rings. The molecule has 0 spiro atoms. The molecule has 0 atom stereocenters. The monoisotopic (exact) mass is 1840 g/mol. The summed E-state index contributed by atoms with van der Waals surface area (Å²) in [6.07, 6.45) is 0. The van der Waals surface area contributed by atoms with Gasteiger partial charge in [0.05, 0.1) is 33.1 Å². The SMILES string of the molecule is c1ccc2c(-c3ccc(-c4nc(-c5ccc6c(c5)oc5ccccc56)nc(-n5c6ccccc6c6ccccc65)n4)cc3)cccc2c1.c1ccc2c(-c3ccc(-c4nc(-c5ccc6c(c5)oc5ccccc56)nc(-n5c6ccccc6c6ccccc65)n4)cc3)cccc2c1.c1ccc2cc(-c3ccc(-c4nc(-c5ccc6c(c5)oc5ccccc56)nc(-n5c6ccccc6c6ccccc65)n4)cc3)ccc2c1. The van der Waals surface area contributed by atoms with Gasteiger partial charge in [0.2, 0.25) is 17.8 Å². The highest BCUT2D eigenvalue weighted by Crippen LogP contribution is 2.43. The van der Waals surface area contributed by atoms with E-state index in [0.29, 0.717) is 52.8 Å². The molecule has 144 heavy (non-hydrogen) atoms. The summed E-state index contributed by atoms with van der Waals surface area (Å²) in [6, 6.07) is 164. The number of rotatable bonds is 12. The maximum Gasteiger partial charge on any atom is 0.238 e. The number of benzene rings is 21. The Hall–Kier alpha value is -19.8. The average molecular weight is 1840 g/mol. The van der Waals surface area contributed by atoms with Crippen molar-refractivity contribution in [2.75, 3.05) is 0 Å². The lowest BCUT2D eigenvalue weighted by atomic mass is 9.97. The van der Waals surface area contributed by atoms with Crippen LogP contribution in [-0.2, 0) is 0 Å². The minimum Gasteiger partial charge on any atom is -0.456 e. The molecule has 9 heterocycles. The zero-order chi connectivity index (χ0) is 94.8. The van der Waals surface area contributed by atoms with Crippen LogP contribution in [0.5, 0.6) is 0 Å². The number of hydrogen-bond donors (Lipinski definition) is 0. The second kappa shape index (κ2) is 34.1. The normalized spacial score (nSPS) is 11.8. The number of hydrogen-bond acceptors (Lipinski definition) is 12. The van der Waals surface area contributed by atoms with Gasteiger partial charge in [-0.25, -0.2) is 15.0 Å². The number of furan rings is 3. The molecule has 0 amide bonds. The molecule has 0 radical (unpaired) electrons. The fourth-order valence-corrected chi connectivity index (χ4v) is 20.9. The predicted molar refractivity (Wildman–Crippen MR) is 586 cm³/mol. The van der Waals surface area contributed by atoms with Gasteiger partial charge < -0.3 is 13.3 Å². The van der Waals surface area contributed by atoms with Crippen molar-refractivity contribution in [3.63, 3.8) is 0 Å². The maximum atomic E-state index is 6.26. The van der Waals surface area contributed by atoms with Crippen molar-refractivity contribution < 1.29 is 13.3 Å². The minimum atomic E-state index is 0.565. The lowest BCUT2D eigenvalue weighted by molar-refractivity contribution is 0.668. The van der Waals surface area contributed by atoms with E-state index in [2.05, 4.69) is 414 Å². The Morgan fingerprint density at radius 1 is 0.132 bits per heavy atom. The van der Waals surface area contributed by atoms with Gasteiger partial charge in [0, 0.05) is 98.0 Å². The fraction of sp³-hybridized carbons (Fsp3) is 0. The Labute approximate surface area is 822 Å². The van der Waals surface area contributed by atoms with E-state index in [-0.39, 0.29) is 0 Å². The summed E-state index contributed by atoms with van der Waals surface area (Å²) in [6.45, 7) is 0. The third-order valence-corrected chi connectivity index (χ3v) is 27.8. The van der Waals surface area contributed by atoms with E-state index in [0.717, 1.165) is 181 Å². The maximum absolute atomic E-state index is 6.26. The summed E-state index contributed by atoms with van der Waals surface area (Å²) in [5, 5.41) is 20.7. The highest BCUT2D eigenvalue weighted by Gasteiger charge is 2.26. The Morgan fingerprint density at radius 3 is 0.688 bits per heavy atom. The molecule has 30 aromatic rings. The van der Waals surface area contributed by atoms with Crippen LogP contribution in [0.3, 0.4) is 0 Å². The predicted octanol–water partition coefficient (Wildman–Crippen LogP) is 33.1. The van der Waals surface area contributed by atoms with E-state index in [1.165, 1.54) is 49.0 Å². The van der Waals surface area contributed by atoms with Gasteiger partial charge in [0.15, 0.2) is 34.9 Å². The first-order valence-corrected chi connectivity index (χ1v) is 48.1. The zero-order valence-corrected chi connectivity index (χ0v) is 77.1. The number of nitrogens with zero attached hydrogens (tertiary/aromatic N) is 12. The molecule has 0 saturated carbocycles. The first-order chi connectivity index (χ1) is 71.3. The van der Waals surface area contributed by atoms with Crippen LogP contribution in [0.4, 0.5) is 0 Å². The molecule has 30 rings (SSSR count). The molecule has 15 nitrogen and oxygen atoms in total. The van der Waals surface area contributed by atoms with Gasteiger partial charge in [0.25, 0.3) is 0 Å². The van der Waals surface area contributed by atoms with Gasteiger partial charge in [-0.15, -0.1) is 0 Å². The van der Waals surface area contributed by atoms with Crippen molar-refractivity contribution in [2.24, 2.45) is 0 Å². The van der Waals surface area contributed by atoms with E-state index < -0.39 is 0 Å². The standard InChI is InChI=1S/3C43H26N4O/c2*1-2-12-31-27(10-1)11-9-16-32(31)28-20-22-29(23-21-28)41-44-42(30-24-25-36-35-15-5-8-19-39(35)48-40(36)26-30)46-43(45-41)47-37-17-6-3-13-33(37)34-14-4-7-18-38(34)47;1-2-10-30-25-31(22-19-27(30)9-1)28-17-20-29(21-18-28)41-44-42(32-23-24-36-35-13-5-8-16-39(35)48-40(36)26-32)46-43(45-41)47-37-14-6-3-11-33(37)34-12-4-7-15-38(34)47/h3*1-26H. The summed E-state index contributed by atoms with van der Waals surface area (Å²) in [4.78, 5) is 46.0. The lowest BCUT2D eigenvalue weighted by Crippen LogP contribution is -2.06. The topological polar surface area (TPSA) is 170 Å². The van der Waals surface area contributed by atoms with Crippen molar-refractivity contribution in [1.82, 2.24) is 58.6 Å². The number of para-hydroxylation sites is 9. The van der Waals surface area contributed by atoms with E-state index in [1.807, 2.05) is 72.8 Å². The first-order valence-electron chi connectivity index (χ1n) is 48.1.